The van der Waals surface area contributed by atoms with Crippen LogP contribution >= 0.6 is 0 Å². The first kappa shape index (κ1) is 16.3. The molecule has 0 saturated carbocycles. The van der Waals surface area contributed by atoms with Crippen molar-refractivity contribution in [2.45, 2.75) is 44.9 Å². The minimum absolute atomic E-state index is 0.241. The molecule has 1 aromatic rings. The third-order valence-electron chi connectivity index (χ3n) is 4.29. The number of alkyl halides is 3. The largest absolute Gasteiger partial charge is 0.416 e. The maximum absolute atomic E-state index is 13.2. The molecule has 1 fully saturated rings. The van der Waals surface area contributed by atoms with Crippen molar-refractivity contribution in [2.75, 3.05) is 19.6 Å². The molecular formula is C16H23F3N2. The van der Waals surface area contributed by atoms with E-state index in [0.717, 1.165) is 32.5 Å². The highest BCUT2D eigenvalue weighted by molar-refractivity contribution is 5.32. The number of nitrogens with one attached hydrogen (secondary N) is 1. The Morgan fingerprint density at radius 3 is 2.62 bits per heavy atom. The van der Waals surface area contributed by atoms with Crippen molar-refractivity contribution in [1.29, 1.82) is 0 Å². The molecule has 2 nitrogen and oxygen atoms in total. The van der Waals surface area contributed by atoms with Gasteiger partial charge in [0, 0.05) is 18.6 Å². The van der Waals surface area contributed by atoms with Crippen molar-refractivity contribution in [1.82, 2.24) is 10.2 Å². The zero-order valence-corrected chi connectivity index (χ0v) is 12.6. The van der Waals surface area contributed by atoms with Crippen molar-refractivity contribution in [2.24, 2.45) is 0 Å². The first-order valence-electron chi connectivity index (χ1n) is 7.57. The number of likely N-dealkylation sites (N-methyl/N-ethyl adjacent to an activating group) is 1. The normalized spacial score (nSPS) is 21.0. The van der Waals surface area contributed by atoms with Gasteiger partial charge in [-0.05, 0) is 44.5 Å². The number of nitrogens with zero attached hydrogens (tertiary/aromatic N) is 1. The lowest BCUT2D eigenvalue weighted by atomic mass is 9.99. The monoisotopic (exact) mass is 300 g/mol. The smallest absolute Gasteiger partial charge is 0.313 e. The third-order valence-corrected chi connectivity index (χ3v) is 4.29. The van der Waals surface area contributed by atoms with Gasteiger partial charge in [-0.15, -0.1) is 0 Å². The molecule has 1 heterocycles. The lowest BCUT2D eigenvalue weighted by molar-refractivity contribution is -0.138. The van der Waals surface area contributed by atoms with Crippen LogP contribution in [0.1, 0.15) is 43.9 Å². The molecule has 0 amide bonds. The molecule has 2 unspecified atom stereocenters. The van der Waals surface area contributed by atoms with Crippen LogP contribution in [0.2, 0.25) is 0 Å². The van der Waals surface area contributed by atoms with Crippen LogP contribution in [0.3, 0.4) is 0 Å². The van der Waals surface area contributed by atoms with E-state index in [1.165, 1.54) is 12.1 Å². The second-order valence-electron chi connectivity index (χ2n) is 5.64. The maximum Gasteiger partial charge on any atom is 0.416 e. The zero-order chi connectivity index (χ0) is 15.5. The molecule has 0 aromatic heterocycles. The van der Waals surface area contributed by atoms with Crippen LogP contribution in [0, 0.1) is 0 Å². The van der Waals surface area contributed by atoms with Gasteiger partial charge in [0.25, 0.3) is 0 Å². The van der Waals surface area contributed by atoms with E-state index in [2.05, 4.69) is 10.2 Å². The van der Waals surface area contributed by atoms with E-state index in [-0.39, 0.29) is 6.04 Å². The first-order chi connectivity index (χ1) is 9.93. The number of benzene rings is 1. The number of rotatable bonds is 5. The molecule has 2 atom stereocenters. The topological polar surface area (TPSA) is 15.3 Å². The summed E-state index contributed by atoms with van der Waals surface area (Å²) in [6.45, 7) is 6.41. The molecule has 1 aliphatic heterocycles. The number of hydrogen-bond donors (Lipinski definition) is 1. The van der Waals surface area contributed by atoms with Crippen LogP contribution in [-0.2, 0) is 6.18 Å². The highest BCUT2D eigenvalue weighted by Crippen LogP contribution is 2.36. The molecule has 5 heteroatoms. The Hall–Kier alpha value is -1.07. The Kier molecular flexibility index (Phi) is 5.27. The van der Waals surface area contributed by atoms with Crippen molar-refractivity contribution in [3.63, 3.8) is 0 Å². The van der Waals surface area contributed by atoms with E-state index in [4.69, 9.17) is 0 Å². The average molecular weight is 300 g/mol. The summed E-state index contributed by atoms with van der Waals surface area (Å²) in [5, 5.41) is 3.41. The Morgan fingerprint density at radius 2 is 2.05 bits per heavy atom. The predicted molar refractivity (Wildman–Crippen MR) is 78.1 cm³/mol. The van der Waals surface area contributed by atoms with Crippen molar-refractivity contribution in [3.05, 3.63) is 35.4 Å². The van der Waals surface area contributed by atoms with Crippen LogP contribution in [-0.4, -0.2) is 30.6 Å². The fraction of sp³-hybridized carbons (Fsp3) is 0.625. The van der Waals surface area contributed by atoms with E-state index in [1.54, 1.807) is 12.1 Å². The second-order valence-corrected chi connectivity index (χ2v) is 5.64. The lowest BCUT2D eigenvalue weighted by Crippen LogP contribution is -2.39. The predicted octanol–water partition coefficient (Wildman–Crippen LogP) is 3.84. The summed E-state index contributed by atoms with van der Waals surface area (Å²) in [4.78, 5) is 2.12. The molecule has 1 saturated heterocycles. The minimum Gasteiger partial charge on any atom is -0.313 e. The molecule has 0 radical (unpaired) electrons. The van der Waals surface area contributed by atoms with Crippen LogP contribution in [0.15, 0.2) is 24.3 Å². The summed E-state index contributed by atoms with van der Waals surface area (Å²) >= 11 is 0. The van der Waals surface area contributed by atoms with Gasteiger partial charge in [-0.3, -0.25) is 4.90 Å². The van der Waals surface area contributed by atoms with Gasteiger partial charge in [0.1, 0.15) is 0 Å². The standard InChI is InChI=1S/C16H23F3N2/c1-3-21(11-13-7-6-10-20-13)12(2)14-8-4-5-9-15(14)16(17,18)19/h4-5,8-9,12-13,20H,3,6-7,10-11H2,1-2H3. The summed E-state index contributed by atoms with van der Waals surface area (Å²) < 4.78 is 39.5. The van der Waals surface area contributed by atoms with Gasteiger partial charge in [-0.1, -0.05) is 25.1 Å². The molecule has 21 heavy (non-hydrogen) atoms. The zero-order valence-electron chi connectivity index (χ0n) is 12.6. The van der Waals surface area contributed by atoms with Crippen molar-refractivity contribution >= 4 is 0 Å². The van der Waals surface area contributed by atoms with Crippen molar-refractivity contribution < 1.29 is 13.2 Å². The van der Waals surface area contributed by atoms with E-state index in [9.17, 15) is 13.2 Å². The van der Waals surface area contributed by atoms with E-state index in [1.807, 2.05) is 13.8 Å². The summed E-state index contributed by atoms with van der Waals surface area (Å²) in [5.74, 6) is 0. The SMILES string of the molecule is CCN(CC1CCCN1)C(C)c1ccccc1C(F)(F)F. The average Bonchev–Trinajstić information content (AvgIpc) is 2.96. The summed E-state index contributed by atoms with van der Waals surface area (Å²) in [6, 6.07) is 6.06. The van der Waals surface area contributed by atoms with Gasteiger partial charge in [0.2, 0.25) is 0 Å². The minimum atomic E-state index is -4.30. The molecule has 0 spiro atoms. The quantitative estimate of drug-likeness (QED) is 0.889. The number of hydrogen-bond acceptors (Lipinski definition) is 2. The van der Waals surface area contributed by atoms with Crippen molar-refractivity contribution in [3.8, 4) is 0 Å². The molecule has 1 aliphatic rings. The highest BCUT2D eigenvalue weighted by Gasteiger charge is 2.35. The van der Waals surface area contributed by atoms with Gasteiger partial charge in [0.05, 0.1) is 5.56 Å². The fourth-order valence-corrected chi connectivity index (χ4v) is 3.07. The molecule has 0 aliphatic carbocycles. The third kappa shape index (κ3) is 3.98. The molecule has 1 aromatic carbocycles. The summed E-state index contributed by atoms with van der Waals surface area (Å²) in [7, 11) is 0. The Labute approximate surface area is 124 Å². The van der Waals surface area contributed by atoms with Crippen LogP contribution < -0.4 is 5.32 Å². The molecule has 1 N–H and O–H groups in total. The number of halogens is 3. The van der Waals surface area contributed by atoms with Gasteiger partial charge >= 0.3 is 6.18 Å². The Morgan fingerprint density at radius 1 is 1.33 bits per heavy atom. The highest BCUT2D eigenvalue weighted by atomic mass is 19.4. The summed E-state index contributed by atoms with van der Waals surface area (Å²) in [5.41, 5.74) is -0.153. The van der Waals surface area contributed by atoms with Gasteiger partial charge < -0.3 is 5.32 Å². The first-order valence-corrected chi connectivity index (χ1v) is 7.57. The van der Waals surface area contributed by atoms with E-state index >= 15 is 0 Å². The maximum atomic E-state index is 13.2. The van der Waals surface area contributed by atoms with Gasteiger partial charge in [-0.25, -0.2) is 0 Å². The van der Waals surface area contributed by atoms with Gasteiger partial charge in [0.15, 0.2) is 0 Å². The molecule has 118 valence electrons. The molecule has 0 bridgehead atoms. The van der Waals surface area contributed by atoms with Crippen LogP contribution in [0.4, 0.5) is 13.2 Å². The van der Waals surface area contributed by atoms with Crippen LogP contribution in [0.25, 0.3) is 0 Å². The second kappa shape index (κ2) is 6.79. The molecular weight excluding hydrogens is 277 g/mol. The fourth-order valence-electron chi connectivity index (χ4n) is 3.07. The summed E-state index contributed by atoms with van der Waals surface area (Å²) in [6.07, 6.45) is -2.05. The van der Waals surface area contributed by atoms with Gasteiger partial charge in [-0.2, -0.15) is 13.2 Å². The Bertz CT molecular complexity index is 453. The Balaban J connectivity index is 2.18. The van der Waals surface area contributed by atoms with E-state index in [0.29, 0.717) is 11.6 Å². The molecule has 2 rings (SSSR count). The van der Waals surface area contributed by atoms with E-state index < -0.39 is 11.7 Å². The van der Waals surface area contributed by atoms with Crippen LogP contribution in [0.5, 0.6) is 0 Å². The lowest BCUT2D eigenvalue weighted by Gasteiger charge is -2.32.